The first kappa shape index (κ1) is 21.8. The summed E-state index contributed by atoms with van der Waals surface area (Å²) in [5.41, 5.74) is 2.61. The van der Waals surface area contributed by atoms with Crippen molar-refractivity contribution in [1.29, 1.82) is 0 Å². The number of rotatable bonds is 5. The van der Waals surface area contributed by atoms with Crippen molar-refractivity contribution in [1.82, 2.24) is 15.2 Å². The van der Waals surface area contributed by atoms with E-state index < -0.39 is 0 Å². The Morgan fingerprint density at radius 2 is 2.26 bits per heavy atom. The zero-order chi connectivity index (χ0) is 18.5. The number of halogens is 2. The molecule has 0 fully saturated rings. The van der Waals surface area contributed by atoms with Gasteiger partial charge in [0, 0.05) is 31.6 Å². The number of aryl methyl sites for hydroxylation is 1. The Hall–Kier alpha value is -1.46. The SMILES string of the molecule is CN=C(NCCc1cc(F)cc2c1OCOC2)N(C)Cc1csc(C)n1.I. The summed E-state index contributed by atoms with van der Waals surface area (Å²) in [5, 5.41) is 6.42. The van der Waals surface area contributed by atoms with Gasteiger partial charge in [0.15, 0.2) is 12.8 Å². The second kappa shape index (κ2) is 10.2. The Morgan fingerprint density at radius 3 is 2.96 bits per heavy atom. The number of ether oxygens (including phenoxy) is 2. The van der Waals surface area contributed by atoms with Crippen LogP contribution in [0.4, 0.5) is 4.39 Å². The van der Waals surface area contributed by atoms with Crippen LogP contribution in [-0.4, -0.2) is 43.3 Å². The summed E-state index contributed by atoms with van der Waals surface area (Å²) in [5.74, 6) is 1.24. The molecule has 2 aromatic rings. The van der Waals surface area contributed by atoms with E-state index in [2.05, 4.69) is 20.7 Å². The quantitative estimate of drug-likeness (QED) is 0.383. The standard InChI is InChI=1S/C18H23FN4O2S.HI/c1-12-22-16(10-26-12)8-23(3)18(20-2)21-5-4-13-6-15(19)7-14-9-24-11-25-17(13)14;/h6-7,10H,4-5,8-9,11H2,1-3H3,(H,20,21);1H. The van der Waals surface area contributed by atoms with Crippen molar-refractivity contribution >= 4 is 41.3 Å². The molecule has 3 rings (SSSR count). The predicted molar refractivity (Wildman–Crippen MR) is 115 cm³/mol. The monoisotopic (exact) mass is 506 g/mol. The van der Waals surface area contributed by atoms with Crippen LogP contribution in [0.2, 0.25) is 0 Å². The fourth-order valence-corrected chi connectivity index (χ4v) is 3.54. The van der Waals surface area contributed by atoms with Gasteiger partial charge in [0.05, 0.1) is 23.9 Å². The minimum absolute atomic E-state index is 0. The van der Waals surface area contributed by atoms with Crippen molar-refractivity contribution in [2.24, 2.45) is 4.99 Å². The van der Waals surface area contributed by atoms with Crippen molar-refractivity contribution in [3.8, 4) is 5.75 Å². The molecular formula is C18H24FIN4O2S. The smallest absolute Gasteiger partial charge is 0.193 e. The lowest BCUT2D eigenvalue weighted by Gasteiger charge is -2.23. The Kier molecular flexibility index (Phi) is 8.24. The summed E-state index contributed by atoms with van der Waals surface area (Å²) in [6.07, 6.45) is 0.628. The van der Waals surface area contributed by atoms with Gasteiger partial charge in [-0.2, -0.15) is 0 Å². The molecule has 9 heteroatoms. The highest BCUT2D eigenvalue weighted by atomic mass is 127. The number of fused-ring (bicyclic) bond motifs is 1. The average molecular weight is 506 g/mol. The number of benzene rings is 1. The van der Waals surface area contributed by atoms with Gasteiger partial charge in [0.2, 0.25) is 0 Å². The van der Waals surface area contributed by atoms with E-state index in [1.807, 2.05) is 18.9 Å². The van der Waals surface area contributed by atoms with E-state index in [4.69, 9.17) is 9.47 Å². The minimum atomic E-state index is -0.270. The third-order valence-electron chi connectivity index (χ3n) is 4.07. The maximum atomic E-state index is 13.8. The molecular weight excluding hydrogens is 482 g/mol. The molecule has 1 N–H and O–H groups in total. The summed E-state index contributed by atoms with van der Waals surface area (Å²) in [7, 11) is 3.71. The zero-order valence-electron chi connectivity index (χ0n) is 15.6. The Bertz CT molecular complexity index is 800. The molecule has 0 bridgehead atoms. The summed E-state index contributed by atoms with van der Waals surface area (Å²) in [6, 6.07) is 2.99. The minimum Gasteiger partial charge on any atom is -0.467 e. The van der Waals surface area contributed by atoms with Crippen molar-refractivity contribution in [2.45, 2.75) is 26.5 Å². The molecule has 1 aliphatic rings. The number of hydrogen-bond donors (Lipinski definition) is 1. The van der Waals surface area contributed by atoms with Gasteiger partial charge < -0.3 is 19.7 Å². The van der Waals surface area contributed by atoms with Crippen LogP contribution in [0.15, 0.2) is 22.5 Å². The topological polar surface area (TPSA) is 59.0 Å². The highest BCUT2D eigenvalue weighted by Crippen LogP contribution is 2.29. The lowest BCUT2D eigenvalue weighted by molar-refractivity contribution is -0.0172. The van der Waals surface area contributed by atoms with Crippen LogP contribution in [0.3, 0.4) is 0 Å². The van der Waals surface area contributed by atoms with Gasteiger partial charge in [-0.1, -0.05) is 0 Å². The van der Waals surface area contributed by atoms with E-state index in [-0.39, 0.29) is 36.6 Å². The van der Waals surface area contributed by atoms with Gasteiger partial charge in [-0.3, -0.25) is 4.99 Å². The second-order valence-corrected chi connectivity index (χ2v) is 7.16. The van der Waals surface area contributed by atoms with Crippen molar-refractivity contribution in [3.05, 3.63) is 45.2 Å². The normalized spacial score (nSPS) is 13.4. The number of hydrogen-bond acceptors (Lipinski definition) is 5. The summed E-state index contributed by atoms with van der Waals surface area (Å²) >= 11 is 1.64. The predicted octanol–water partition coefficient (Wildman–Crippen LogP) is 3.33. The van der Waals surface area contributed by atoms with Crippen LogP contribution in [0.5, 0.6) is 5.75 Å². The van der Waals surface area contributed by atoms with Crippen LogP contribution in [0.25, 0.3) is 0 Å². The largest absolute Gasteiger partial charge is 0.467 e. The van der Waals surface area contributed by atoms with E-state index in [9.17, 15) is 4.39 Å². The first-order valence-electron chi connectivity index (χ1n) is 8.41. The number of thiazole rings is 1. The molecule has 148 valence electrons. The molecule has 1 aliphatic heterocycles. The van der Waals surface area contributed by atoms with E-state index in [1.165, 1.54) is 12.1 Å². The fraction of sp³-hybridized carbons (Fsp3) is 0.444. The van der Waals surface area contributed by atoms with E-state index in [1.54, 1.807) is 18.4 Å². The Morgan fingerprint density at radius 1 is 1.44 bits per heavy atom. The number of nitrogens with zero attached hydrogens (tertiary/aromatic N) is 3. The Balaban J connectivity index is 0.00000261. The van der Waals surface area contributed by atoms with Gasteiger partial charge >= 0.3 is 0 Å². The molecule has 6 nitrogen and oxygen atoms in total. The number of aliphatic imine (C=N–C) groups is 1. The molecule has 0 unspecified atom stereocenters. The lowest BCUT2D eigenvalue weighted by Crippen LogP contribution is -2.39. The molecule has 1 aromatic carbocycles. The summed E-state index contributed by atoms with van der Waals surface area (Å²) in [4.78, 5) is 10.8. The van der Waals surface area contributed by atoms with E-state index in [0.29, 0.717) is 26.1 Å². The number of aromatic nitrogens is 1. The molecule has 27 heavy (non-hydrogen) atoms. The summed E-state index contributed by atoms with van der Waals surface area (Å²) in [6.45, 7) is 3.88. The third-order valence-corrected chi connectivity index (χ3v) is 4.89. The van der Waals surface area contributed by atoms with Crippen LogP contribution in [-0.2, 0) is 24.3 Å². The molecule has 0 radical (unpaired) electrons. The molecule has 0 aliphatic carbocycles. The van der Waals surface area contributed by atoms with Gasteiger partial charge in [0.25, 0.3) is 0 Å². The van der Waals surface area contributed by atoms with Crippen molar-refractivity contribution in [3.63, 3.8) is 0 Å². The first-order valence-corrected chi connectivity index (χ1v) is 9.29. The molecule has 0 saturated heterocycles. The van der Waals surface area contributed by atoms with Crippen LogP contribution < -0.4 is 10.1 Å². The maximum absolute atomic E-state index is 13.8. The van der Waals surface area contributed by atoms with Gasteiger partial charge in [-0.25, -0.2) is 9.37 Å². The molecule has 0 saturated carbocycles. The summed E-state index contributed by atoms with van der Waals surface area (Å²) < 4.78 is 24.6. The van der Waals surface area contributed by atoms with Crippen LogP contribution in [0, 0.1) is 12.7 Å². The molecule has 0 spiro atoms. The molecule has 0 atom stereocenters. The van der Waals surface area contributed by atoms with Crippen LogP contribution >= 0.6 is 35.3 Å². The highest BCUT2D eigenvalue weighted by Gasteiger charge is 2.17. The second-order valence-electron chi connectivity index (χ2n) is 6.10. The third kappa shape index (κ3) is 5.76. The molecule has 0 amide bonds. The number of guanidine groups is 1. The number of nitrogens with one attached hydrogen (secondary N) is 1. The maximum Gasteiger partial charge on any atom is 0.193 e. The van der Waals surface area contributed by atoms with Gasteiger partial charge in [0.1, 0.15) is 11.6 Å². The molecule has 1 aromatic heterocycles. The van der Waals surface area contributed by atoms with Gasteiger partial charge in [-0.15, -0.1) is 35.3 Å². The van der Waals surface area contributed by atoms with Crippen molar-refractivity contribution < 1.29 is 13.9 Å². The fourth-order valence-electron chi connectivity index (χ4n) is 2.93. The van der Waals surface area contributed by atoms with Crippen LogP contribution in [0.1, 0.15) is 21.8 Å². The van der Waals surface area contributed by atoms with Gasteiger partial charge in [-0.05, 0) is 31.0 Å². The van der Waals surface area contributed by atoms with E-state index in [0.717, 1.165) is 33.5 Å². The van der Waals surface area contributed by atoms with E-state index >= 15 is 0 Å². The average Bonchev–Trinajstić information content (AvgIpc) is 3.03. The molecule has 2 heterocycles. The van der Waals surface area contributed by atoms with Crippen molar-refractivity contribution in [2.75, 3.05) is 27.4 Å². The lowest BCUT2D eigenvalue weighted by atomic mass is 10.1. The highest BCUT2D eigenvalue weighted by molar-refractivity contribution is 14.0. The zero-order valence-corrected chi connectivity index (χ0v) is 18.8. The first-order chi connectivity index (χ1) is 12.6. The Labute approximate surface area is 179 Å².